The Morgan fingerprint density at radius 3 is 1.26 bits per heavy atom. The molecule has 4 aliphatic heterocycles. The highest BCUT2D eigenvalue weighted by Gasteiger charge is 2.34. The fraction of sp³-hybridized carbons (Fsp3) is 0.618. The molecule has 84 heavy (non-hydrogen) atoms. The summed E-state index contributed by atoms with van der Waals surface area (Å²) in [6, 6.07) is 37.3. The Hall–Kier alpha value is -5.37. The summed E-state index contributed by atoms with van der Waals surface area (Å²) in [5, 5.41) is 0. The standard InChI is InChI=1S/C26H43N3.C25H33N3.C25H41N2/c1-2-3-4-5-6-7-8-9-10-11-12-13-14-17-22-28-24-19-15-16-20-25(24)29-23-18-21-27-26(28)29;1-2-3-4-5-6-7-11-21-14-16-22(17-15-21)20-28-24-13-9-8-12-23(24)27-19-10-18-26-25(27)28;1-2-3-4-5-6-7-8-9-10-11-12-13-14-18-21-26-22-23-27(24-26)25-19-16-15-17-20-25/h15-16,19-20H,2-14,17-18,21-23H2,1H3;8-9,12-17H,2-7,10-11,18-20H2,1H3;15-17,19-20,22-24H,2-14,18,21H2,1H3/q;;+1. The highest BCUT2D eigenvalue weighted by Crippen LogP contribution is 2.40. The minimum atomic E-state index is 0.893. The number of aryl methyl sites for hydroxylation is 2. The zero-order valence-corrected chi connectivity index (χ0v) is 53.7. The van der Waals surface area contributed by atoms with Crippen LogP contribution < -0.4 is 24.2 Å². The van der Waals surface area contributed by atoms with Gasteiger partial charge in [-0.05, 0) is 92.5 Å². The first-order chi connectivity index (χ1) is 41.7. The van der Waals surface area contributed by atoms with Gasteiger partial charge in [0.25, 0.3) is 0 Å². The number of aromatic nitrogens is 2. The molecule has 4 aromatic carbocycles. The molecule has 0 N–H and O–H groups in total. The number of anilines is 4. The maximum Gasteiger partial charge on any atom is 0.248 e. The second-order valence-electron chi connectivity index (χ2n) is 25.0. The number of imidazole rings is 1. The highest BCUT2D eigenvalue weighted by atomic mass is 15.4. The predicted molar refractivity (Wildman–Crippen MR) is 365 cm³/mol. The van der Waals surface area contributed by atoms with Gasteiger partial charge in [-0.2, -0.15) is 0 Å². The third kappa shape index (κ3) is 23.1. The van der Waals surface area contributed by atoms with Crippen molar-refractivity contribution in [2.75, 3.05) is 52.3 Å². The van der Waals surface area contributed by atoms with Crippen LogP contribution in [0.15, 0.2) is 132 Å². The summed E-state index contributed by atoms with van der Waals surface area (Å²) in [6.45, 7) is 14.1. The number of nitrogens with zero attached hydrogens (tertiary/aromatic N) is 8. The van der Waals surface area contributed by atoms with Crippen LogP contribution in [0.2, 0.25) is 0 Å². The van der Waals surface area contributed by atoms with E-state index in [9.17, 15) is 0 Å². The van der Waals surface area contributed by atoms with Gasteiger partial charge in [-0.1, -0.05) is 280 Å². The molecule has 0 radical (unpaired) electrons. The minimum Gasteiger partial charge on any atom is -0.310 e. The second kappa shape index (κ2) is 40.9. The zero-order chi connectivity index (χ0) is 58.3. The number of benzene rings is 4. The fourth-order valence-electron chi connectivity index (χ4n) is 12.9. The van der Waals surface area contributed by atoms with Crippen molar-refractivity contribution in [1.29, 1.82) is 0 Å². The number of hydrogen-bond donors (Lipinski definition) is 0. The van der Waals surface area contributed by atoms with Crippen LogP contribution in [0, 0.1) is 0 Å². The first kappa shape index (κ1) is 66.2. The molecule has 460 valence electrons. The average molecular weight is 1140 g/mol. The third-order valence-electron chi connectivity index (χ3n) is 17.9. The van der Waals surface area contributed by atoms with Gasteiger partial charge in [0.15, 0.2) is 0 Å². The number of para-hydroxylation sites is 5. The molecule has 0 saturated carbocycles. The smallest absolute Gasteiger partial charge is 0.248 e. The zero-order valence-electron chi connectivity index (χ0n) is 53.7. The van der Waals surface area contributed by atoms with Crippen molar-refractivity contribution in [3.63, 3.8) is 0 Å². The molecule has 0 atom stereocenters. The van der Waals surface area contributed by atoms with Crippen molar-refractivity contribution in [3.8, 4) is 5.69 Å². The van der Waals surface area contributed by atoms with E-state index in [0.717, 1.165) is 58.2 Å². The summed E-state index contributed by atoms with van der Waals surface area (Å²) in [7, 11) is 0. The lowest BCUT2D eigenvalue weighted by Crippen LogP contribution is -2.42. The fourth-order valence-corrected chi connectivity index (χ4v) is 12.9. The molecule has 5 aromatic rings. The van der Waals surface area contributed by atoms with Gasteiger partial charge in [-0.15, -0.1) is 0 Å². The molecule has 5 heterocycles. The number of hydrogen-bond acceptors (Lipinski definition) is 6. The Balaban J connectivity index is 0.000000181. The van der Waals surface area contributed by atoms with Gasteiger partial charge < -0.3 is 19.6 Å². The SMILES string of the molecule is CCCCCCCCCCCCCCCCN1C2=NCCCN2c2ccccc21.CCCCCCCCCCCCCCCC[n+]1ccn(-c2ccccc2)c1.CCCCCCCCc1ccc(CN2C3=NCCCN3c3ccccc32)cc1. The molecule has 1 aromatic heterocycles. The molecule has 0 spiro atoms. The monoisotopic (exact) mass is 1140 g/mol. The van der Waals surface area contributed by atoms with Gasteiger partial charge in [-0.25, -0.2) is 9.13 Å². The summed E-state index contributed by atoms with van der Waals surface area (Å²) in [4.78, 5) is 19.3. The van der Waals surface area contributed by atoms with Crippen LogP contribution in [0.4, 0.5) is 22.7 Å². The lowest BCUT2D eigenvalue weighted by molar-refractivity contribution is -0.696. The van der Waals surface area contributed by atoms with Crippen molar-refractivity contribution in [3.05, 3.63) is 133 Å². The quantitative estimate of drug-likeness (QED) is 0.0290. The van der Waals surface area contributed by atoms with Crippen LogP contribution in [0.5, 0.6) is 0 Å². The Morgan fingerprint density at radius 2 is 0.774 bits per heavy atom. The average Bonchev–Trinajstić information content (AvgIpc) is 3.44. The first-order valence-electron chi connectivity index (χ1n) is 35.3. The second-order valence-corrected chi connectivity index (χ2v) is 25.0. The molecule has 0 unspecified atom stereocenters. The summed E-state index contributed by atoms with van der Waals surface area (Å²) < 4.78 is 4.51. The van der Waals surface area contributed by atoms with Crippen LogP contribution in [-0.2, 0) is 19.5 Å². The van der Waals surface area contributed by atoms with E-state index in [1.54, 1.807) is 0 Å². The lowest BCUT2D eigenvalue weighted by Gasteiger charge is -2.27. The van der Waals surface area contributed by atoms with E-state index in [1.165, 1.54) is 277 Å². The molecule has 0 aliphatic carbocycles. The van der Waals surface area contributed by atoms with Crippen LogP contribution in [0.1, 0.15) is 263 Å². The minimum absolute atomic E-state index is 0.893. The van der Waals surface area contributed by atoms with Crippen LogP contribution in [-0.4, -0.2) is 49.2 Å². The van der Waals surface area contributed by atoms with Crippen molar-refractivity contribution in [2.45, 2.75) is 271 Å². The van der Waals surface area contributed by atoms with E-state index in [-0.39, 0.29) is 0 Å². The lowest BCUT2D eigenvalue weighted by atomic mass is 10.0. The Morgan fingerprint density at radius 1 is 0.381 bits per heavy atom. The van der Waals surface area contributed by atoms with Gasteiger partial charge in [0.1, 0.15) is 18.1 Å². The molecule has 4 aliphatic rings. The third-order valence-corrected chi connectivity index (χ3v) is 17.9. The van der Waals surface area contributed by atoms with E-state index < -0.39 is 0 Å². The van der Waals surface area contributed by atoms with Crippen molar-refractivity contribution in [2.24, 2.45) is 9.98 Å². The molecule has 0 saturated heterocycles. The summed E-state index contributed by atoms with van der Waals surface area (Å²) >= 11 is 0. The highest BCUT2D eigenvalue weighted by molar-refractivity contribution is 6.17. The first-order valence-corrected chi connectivity index (χ1v) is 35.3. The van der Waals surface area contributed by atoms with E-state index in [4.69, 9.17) is 9.98 Å². The predicted octanol–water partition coefficient (Wildman–Crippen LogP) is 21.0. The molecule has 9 rings (SSSR count). The molecule has 0 amide bonds. The van der Waals surface area contributed by atoms with Gasteiger partial charge in [0, 0.05) is 32.7 Å². The molecule has 8 nitrogen and oxygen atoms in total. The van der Waals surface area contributed by atoms with E-state index in [2.05, 4.69) is 171 Å². The normalized spacial score (nSPS) is 14.0. The van der Waals surface area contributed by atoms with E-state index in [0.29, 0.717) is 0 Å². The summed E-state index contributed by atoms with van der Waals surface area (Å²) in [6.07, 6.45) is 58.0. The van der Waals surface area contributed by atoms with Gasteiger partial charge in [0.05, 0.1) is 35.8 Å². The Kier molecular flexibility index (Phi) is 32.2. The molecular weight excluding hydrogens is 1020 g/mol. The molecule has 8 heteroatoms. The van der Waals surface area contributed by atoms with Crippen molar-refractivity contribution < 1.29 is 4.57 Å². The Labute approximate surface area is 513 Å². The molecular formula is C76H117N8+. The van der Waals surface area contributed by atoms with Crippen LogP contribution in [0.25, 0.3) is 5.69 Å². The number of unbranched alkanes of at least 4 members (excludes halogenated alkanes) is 31. The van der Waals surface area contributed by atoms with Gasteiger partial charge in [-0.3, -0.25) is 9.98 Å². The van der Waals surface area contributed by atoms with Crippen LogP contribution >= 0.6 is 0 Å². The Bertz CT molecular complexity index is 2530. The van der Waals surface area contributed by atoms with Gasteiger partial charge in [0.2, 0.25) is 18.2 Å². The van der Waals surface area contributed by atoms with Gasteiger partial charge >= 0.3 is 0 Å². The number of aliphatic imine (C=N–C) groups is 2. The summed E-state index contributed by atoms with van der Waals surface area (Å²) in [5.74, 6) is 2.33. The number of guanidine groups is 2. The molecule has 0 bridgehead atoms. The molecule has 0 fully saturated rings. The van der Waals surface area contributed by atoms with E-state index in [1.807, 2.05) is 0 Å². The topological polar surface area (TPSA) is 46.5 Å². The number of fused-ring (bicyclic) bond motifs is 6. The van der Waals surface area contributed by atoms with Crippen molar-refractivity contribution >= 4 is 34.7 Å². The maximum absolute atomic E-state index is 4.84. The number of rotatable bonds is 40. The summed E-state index contributed by atoms with van der Waals surface area (Å²) in [5.41, 5.74) is 9.38. The largest absolute Gasteiger partial charge is 0.310 e. The van der Waals surface area contributed by atoms with Crippen molar-refractivity contribution in [1.82, 2.24) is 4.57 Å². The van der Waals surface area contributed by atoms with Crippen LogP contribution in [0.3, 0.4) is 0 Å². The van der Waals surface area contributed by atoms with E-state index >= 15 is 0 Å². The maximum atomic E-state index is 4.84.